The summed E-state index contributed by atoms with van der Waals surface area (Å²) in [5.41, 5.74) is 3.39. The number of sulfonamides is 1. The van der Waals surface area contributed by atoms with Crippen LogP contribution in [0.15, 0.2) is 29.2 Å². The van der Waals surface area contributed by atoms with E-state index in [1.807, 2.05) is 18.2 Å². The van der Waals surface area contributed by atoms with E-state index in [0.717, 1.165) is 30.0 Å². The molecule has 2 aromatic rings. The van der Waals surface area contributed by atoms with Crippen molar-refractivity contribution >= 4 is 44.6 Å². The zero-order chi connectivity index (χ0) is 15.0. The molecular weight excluding hydrogens is 351 g/mol. The molecule has 1 aliphatic heterocycles. The maximum atomic E-state index is 12.2. The molecule has 1 aliphatic rings. The highest BCUT2D eigenvalue weighted by Crippen LogP contribution is 2.34. The van der Waals surface area contributed by atoms with Crippen molar-refractivity contribution in [2.45, 2.75) is 24.5 Å². The summed E-state index contributed by atoms with van der Waals surface area (Å²) in [4.78, 5) is 0.0296. The molecule has 4 nitrogen and oxygen atoms in total. The van der Waals surface area contributed by atoms with Gasteiger partial charge in [-0.05, 0) is 22.8 Å². The summed E-state index contributed by atoms with van der Waals surface area (Å²) in [6.07, 6.45) is 0. The lowest BCUT2D eigenvalue weighted by atomic mass is 10.1. The van der Waals surface area contributed by atoms with Gasteiger partial charge in [0.05, 0.1) is 4.34 Å². The molecule has 2 N–H and O–H groups in total. The van der Waals surface area contributed by atoms with Crippen LogP contribution in [0.1, 0.15) is 16.7 Å². The van der Waals surface area contributed by atoms with Crippen LogP contribution in [0, 0.1) is 0 Å². The minimum atomic E-state index is -3.65. The molecule has 0 amide bonds. The Morgan fingerprint density at radius 3 is 2.67 bits per heavy atom. The normalized spacial score (nSPS) is 14.4. The third-order valence-electron chi connectivity index (χ3n) is 3.28. The minimum Gasteiger partial charge on any atom is -0.309 e. The molecule has 0 bridgehead atoms. The van der Waals surface area contributed by atoms with Crippen LogP contribution in [-0.2, 0) is 29.7 Å². The van der Waals surface area contributed by atoms with E-state index in [4.69, 9.17) is 23.2 Å². The molecule has 0 saturated carbocycles. The average molecular weight is 363 g/mol. The van der Waals surface area contributed by atoms with Gasteiger partial charge in [0.1, 0.15) is 9.23 Å². The van der Waals surface area contributed by atoms with Crippen molar-refractivity contribution in [2.75, 3.05) is 0 Å². The molecule has 0 radical (unpaired) electrons. The number of benzene rings is 1. The Morgan fingerprint density at radius 2 is 1.95 bits per heavy atom. The summed E-state index contributed by atoms with van der Waals surface area (Å²) in [6, 6.07) is 7.33. The van der Waals surface area contributed by atoms with Gasteiger partial charge in [0.25, 0.3) is 0 Å². The van der Waals surface area contributed by atoms with E-state index in [2.05, 4.69) is 10.0 Å². The van der Waals surface area contributed by atoms with Crippen molar-refractivity contribution in [1.29, 1.82) is 0 Å². The second kappa shape index (κ2) is 5.87. The molecule has 0 spiro atoms. The van der Waals surface area contributed by atoms with Gasteiger partial charge >= 0.3 is 0 Å². The average Bonchev–Trinajstić information content (AvgIpc) is 3.02. The summed E-state index contributed by atoms with van der Waals surface area (Å²) >= 11 is 12.7. The topological polar surface area (TPSA) is 58.2 Å². The van der Waals surface area contributed by atoms with Crippen LogP contribution < -0.4 is 10.0 Å². The van der Waals surface area contributed by atoms with Crippen molar-refractivity contribution in [3.63, 3.8) is 0 Å². The fraction of sp³-hybridized carbons (Fsp3) is 0.231. The first kappa shape index (κ1) is 15.3. The van der Waals surface area contributed by atoms with Crippen LogP contribution in [-0.4, -0.2) is 8.42 Å². The third-order valence-corrected chi connectivity index (χ3v) is 6.44. The number of halogens is 2. The van der Waals surface area contributed by atoms with E-state index in [1.165, 1.54) is 17.2 Å². The van der Waals surface area contributed by atoms with Gasteiger partial charge in [-0.3, -0.25) is 0 Å². The van der Waals surface area contributed by atoms with Crippen LogP contribution >= 0.6 is 34.5 Å². The van der Waals surface area contributed by atoms with Crippen molar-refractivity contribution in [2.24, 2.45) is 0 Å². The first-order valence-corrected chi connectivity index (χ1v) is 9.27. The quantitative estimate of drug-likeness (QED) is 0.878. The van der Waals surface area contributed by atoms with Crippen LogP contribution in [0.3, 0.4) is 0 Å². The van der Waals surface area contributed by atoms with Crippen LogP contribution in [0.25, 0.3) is 0 Å². The zero-order valence-electron chi connectivity index (χ0n) is 10.8. The Balaban J connectivity index is 1.76. The van der Waals surface area contributed by atoms with Gasteiger partial charge in [-0.2, -0.15) is 0 Å². The molecule has 0 unspecified atom stereocenters. The van der Waals surface area contributed by atoms with Gasteiger partial charge in [0.15, 0.2) is 0 Å². The predicted octanol–water partition coefficient (Wildman–Crippen LogP) is 3.14. The van der Waals surface area contributed by atoms with Crippen molar-refractivity contribution in [3.05, 3.63) is 49.6 Å². The first-order valence-electron chi connectivity index (χ1n) is 6.21. The molecule has 0 fully saturated rings. The summed E-state index contributed by atoms with van der Waals surface area (Å²) in [6.45, 7) is 1.91. The number of nitrogens with one attached hydrogen (secondary N) is 2. The molecule has 8 heteroatoms. The summed E-state index contributed by atoms with van der Waals surface area (Å²) in [5.74, 6) is 0. The maximum absolute atomic E-state index is 12.2. The Bertz CT molecular complexity index is 787. The van der Waals surface area contributed by atoms with Gasteiger partial charge in [-0.15, -0.1) is 11.3 Å². The lowest BCUT2D eigenvalue weighted by Crippen LogP contribution is -2.23. The van der Waals surface area contributed by atoms with E-state index < -0.39 is 10.0 Å². The summed E-state index contributed by atoms with van der Waals surface area (Å²) in [5, 5.41) is 3.25. The fourth-order valence-electron chi connectivity index (χ4n) is 2.22. The number of fused-ring (bicyclic) bond motifs is 1. The molecular formula is C13H12Cl2N2O2S2. The second-order valence-corrected chi connectivity index (χ2v) is 8.74. The monoisotopic (exact) mass is 362 g/mol. The van der Waals surface area contributed by atoms with Gasteiger partial charge in [0.2, 0.25) is 10.0 Å². The van der Waals surface area contributed by atoms with E-state index in [-0.39, 0.29) is 15.8 Å². The number of hydrogen-bond donors (Lipinski definition) is 2. The molecule has 0 aliphatic carbocycles. The number of hydrogen-bond acceptors (Lipinski definition) is 4. The van der Waals surface area contributed by atoms with E-state index in [1.54, 1.807) is 0 Å². The van der Waals surface area contributed by atoms with E-state index in [0.29, 0.717) is 4.34 Å². The second-order valence-electron chi connectivity index (χ2n) is 4.72. The van der Waals surface area contributed by atoms with Gasteiger partial charge < -0.3 is 5.32 Å². The van der Waals surface area contributed by atoms with Gasteiger partial charge in [-0.25, -0.2) is 13.1 Å². The molecule has 2 heterocycles. The highest BCUT2D eigenvalue weighted by atomic mass is 35.5. The zero-order valence-corrected chi connectivity index (χ0v) is 14.0. The Kier molecular flexibility index (Phi) is 4.27. The molecule has 1 aromatic heterocycles. The SMILES string of the molecule is O=S(=O)(NCc1ccc2c(c1)CNC2)c1cc(Cl)sc1Cl. The van der Waals surface area contributed by atoms with Crippen molar-refractivity contribution < 1.29 is 8.42 Å². The highest BCUT2D eigenvalue weighted by Gasteiger charge is 2.21. The summed E-state index contributed by atoms with van der Waals surface area (Å²) < 4.78 is 27.5. The standard InChI is InChI=1S/C13H12Cl2N2O2S2/c14-12-4-11(13(15)20-12)21(18,19)17-5-8-1-2-9-6-16-7-10(9)3-8/h1-4,16-17H,5-7H2. The third kappa shape index (κ3) is 3.26. The van der Waals surface area contributed by atoms with E-state index in [9.17, 15) is 8.42 Å². The van der Waals surface area contributed by atoms with Crippen molar-refractivity contribution in [1.82, 2.24) is 10.0 Å². The summed E-state index contributed by atoms with van der Waals surface area (Å²) in [7, 11) is -3.65. The molecule has 112 valence electrons. The van der Waals surface area contributed by atoms with E-state index >= 15 is 0 Å². The minimum absolute atomic E-state index is 0.0296. The molecule has 3 rings (SSSR count). The first-order chi connectivity index (χ1) is 9.95. The molecule has 0 saturated heterocycles. The Labute approximate surface area is 137 Å². The smallest absolute Gasteiger partial charge is 0.243 e. The lowest BCUT2D eigenvalue weighted by molar-refractivity contribution is 0.581. The Morgan fingerprint density at radius 1 is 1.19 bits per heavy atom. The molecule has 1 aromatic carbocycles. The maximum Gasteiger partial charge on any atom is 0.243 e. The highest BCUT2D eigenvalue weighted by molar-refractivity contribution is 7.89. The lowest BCUT2D eigenvalue weighted by Gasteiger charge is -2.07. The van der Waals surface area contributed by atoms with Crippen LogP contribution in [0.4, 0.5) is 0 Å². The van der Waals surface area contributed by atoms with Crippen LogP contribution in [0.5, 0.6) is 0 Å². The number of rotatable bonds is 4. The van der Waals surface area contributed by atoms with Gasteiger partial charge in [-0.1, -0.05) is 41.4 Å². The number of thiophene rings is 1. The Hall–Kier alpha value is -0.630. The van der Waals surface area contributed by atoms with Gasteiger partial charge in [0, 0.05) is 19.6 Å². The predicted molar refractivity (Wildman–Crippen MR) is 85.4 cm³/mol. The largest absolute Gasteiger partial charge is 0.309 e. The molecule has 0 atom stereocenters. The van der Waals surface area contributed by atoms with Crippen LogP contribution in [0.2, 0.25) is 8.67 Å². The molecule has 21 heavy (non-hydrogen) atoms. The van der Waals surface area contributed by atoms with Crippen molar-refractivity contribution in [3.8, 4) is 0 Å². The fourth-order valence-corrected chi connectivity index (χ4v) is 5.39.